The number of carbonyl (C=O) groups is 2. The molecule has 5 nitrogen and oxygen atoms in total. The van der Waals surface area contributed by atoms with Crippen LogP contribution in [0.1, 0.15) is 47.7 Å². The lowest BCUT2D eigenvalue weighted by molar-refractivity contribution is -0.129. The SMILES string of the molecule is O=C(NCC(=O)N1CCCC1)c1cc(C2CC2)nc2ccccc12. The van der Waals surface area contributed by atoms with E-state index in [9.17, 15) is 9.59 Å². The molecular weight excluding hydrogens is 302 g/mol. The van der Waals surface area contributed by atoms with E-state index in [-0.39, 0.29) is 18.4 Å². The van der Waals surface area contributed by atoms with Crippen molar-refractivity contribution < 1.29 is 9.59 Å². The Morgan fingerprint density at radius 1 is 1.17 bits per heavy atom. The fourth-order valence-electron chi connectivity index (χ4n) is 3.30. The summed E-state index contributed by atoms with van der Waals surface area (Å²) in [5, 5.41) is 3.64. The molecule has 1 saturated heterocycles. The van der Waals surface area contributed by atoms with Crippen molar-refractivity contribution in [3.8, 4) is 0 Å². The lowest BCUT2D eigenvalue weighted by Crippen LogP contribution is -2.38. The van der Waals surface area contributed by atoms with Gasteiger partial charge in [0, 0.05) is 30.1 Å². The van der Waals surface area contributed by atoms with Gasteiger partial charge in [-0.05, 0) is 37.8 Å². The quantitative estimate of drug-likeness (QED) is 0.940. The summed E-state index contributed by atoms with van der Waals surface area (Å²) in [5.41, 5.74) is 2.46. The third-order valence-electron chi connectivity index (χ3n) is 4.84. The highest BCUT2D eigenvalue weighted by Crippen LogP contribution is 2.40. The molecule has 1 aliphatic carbocycles. The number of fused-ring (bicyclic) bond motifs is 1. The summed E-state index contributed by atoms with van der Waals surface area (Å²) in [6.45, 7) is 1.67. The van der Waals surface area contributed by atoms with Gasteiger partial charge >= 0.3 is 0 Å². The molecule has 0 unspecified atom stereocenters. The van der Waals surface area contributed by atoms with Crippen LogP contribution in [0, 0.1) is 0 Å². The molecule has 0 bridgehead atoms. The summed E-state index contributed by atoms with van der Waals surface area (Å²) in [6, 6.07) is 9.59. The number of nitrogens with one attached hydrogen (secondary N) is 1. The number of hydrogen-bond acceptors (Lipinski definition) is 3. The van der Waals surface area contributed by atoms with Crippen molar-refractivity contribution in [2.75, 3.05) is 19.6 Å². The van der Waals surface area contributed by atoms with Gasteiger partial charge in [0.25, 0.3) is 5.91 Å². The minimum absolute atomic E-state index is 0.00151. The Morgan fingerprint density at radius 3 is 2.67 bits per heavy atom. The molecular formula is C19H21N3O2. The Labute approximate surface area is 141 Å². The molecule has 0 radical (unpaired) electrons. The largest absolute Gasteiger partial charge is 0.343 e. The van der Waals surface area contributed by atoms with E-state index in [1.165, 1.54) is 0 Å². The monoisotopic (exact) mass is 323 g/mol. The molecule has 2 heterocycles. The van der Waals surface area contributed by atoms with Gasteiger partial charge in [-0.1, -0.05) is 18.2 Å². The Balaban J connectivity index is 1.55. The summed E-state index contributed by atoms with van der Waals surface area (Å²) in [6.07, 6.45) is 4.39. The van der Waals surface area contributed by atoms with E-state index < -0.39 is 0 Å². The maximum absolute atomic E-state index is 12.7. The van der Waals surface area contributed by atoms with Crippen LogP contribution in [0.5, 0.6) is 0 Å². The zero-order chi connectivity index (χ0) is 16.5. The Kier molecular flexibility index (Phi) is 3.92. The lowest BCUT2D eigenvalue weighted by Gasteiger charge is -2.16. The van der Waals surface area contributed by atoms with Crippen LogP contribution < -0.4 is 5.32 Å². The van der Waals surface area contributed by atoms with Crippen LogP contribution in [-0.4, -0.2) is 41.3 Å². The van der Waals surface area contributed by atoms with Gasteiger partial charge < -0.3 is 10.2 Å². The minimum Gasteiger partial charge on any atom is -0.343 e. The maximum Gasteiger partial charge on any atom is 0.252 e. The Hall–Kier alpha value is -2.43. The van der Waals surface area contributed by atoms with E-state index in [2.05, 4.69) is 10.3 Å². The van der Waals surface area contributed by atoms with Crippen molar-refractivity contribution in [3.63, 3.8) is 0 Å². The normalized spacial score (nSPS) is 17.2. The van der Waals surface area contributed by atoms with Crippen LogP contribution in [0.3, 0.4) is 0 Å². The maximum atomic E-state index is 12.7. The van der Waals surface area contributed by atoms with E-state index in [0.29, 0.717) is 11.5 Å². The van der Waals surface area contributed by atoms with Crippen molar-refractivity contribution in [2.45, 2.75) is 31.6 Å². The molecule has 2 amide bonds. The summed E-state index contributed by atoms with van der Waals surface area (Å²) in [5.74, 6) is 0.289. The first-order valence-corrected chi connectivity index (χ1v) is 8.68. The topological polar surface area (TPSA) is 62.3 Å². The van der Waals surface area contributed by atoms with Gasteiger partial charge in [-0.2, -0.15) is 0 Å². The number of para-hydroxylation sites is 1. The van der Waals surface area contributed by atoms with Gasteiger partial charge in [0.15, 0.2) is 0 Å². The van der Waals surface area contributed by atoms with Crippen molar-refractivity contribution in [1.82, 2.24) is 15.2 Å². The molecule has 1 N–H and O–H groups in total. The number of nitrogens with zero attached hydrogens (tertiary/aromatic N) is 2. The van der Waals surface area contributed by atoms with Crippen LogP contribution in [-0.2, 0) is 4.79 Å². The van der Waals surface area contributed by atoms with Crippen molar-refractivity contribution in [3.05, 3.63) is 41.6 Å². The number of hydrogen-bond donors (Lipinski definition) is 1. The average molecular weight is 323 g/mol. The van der Waals surface area contributed by atoms with Gasteiger partial charge in [-0.3, -0.25) is 14.6 Å². The molecule has 2 fully saturated rings. The third kappa shape index (κ3) is 2.98. The molecule has 1 aliphatic heterocycles. The Morgan fingerprint density at radius 2 is 1.92 bits per heavy atom. The second-order valence-corrected chi connectivity index (χ2v) is 6.66. The second kappa shape index (κ2) is 6.23. The number of carbonyl (C=O) groups excluding carboxylic acids is 2. The van der Waals surface area contributed by atoms with Gasteiger partial charge in [-0.15, -0.1) is 0 Å². The molecule has 2 aromatic rings. The van der Waals surface area contributed by atoms with Crippen molar-refractivity contribution >= 4 is 22.7 Å². The first kappa shape index (κ1) is 15.1. The van der Waals surface area contributed by atoms with Gasteiger partial charge in [-0.25, -0.2) is 0 Å². The van der Waals surface area contributed by atoms with Crippen molar-refractivity contribution in [1.29, 1.82) is 0 Å². The molecule has 1 aromatic carbocycles. The summed E-state index contributed by atoms with van der Waals surface area (Å²) < 4.78 is 0. The number of aromatic nitrogens is 1. The molecule has 24 heavy (non-hydrogen) atoms. The highest BCUT2D eigenvalue weighted by molar-refractivity contribution is 6.07. The summed E-state index contributed by atoms with van der Waals surface area (Å²) in [4.78, 5) is 31.3. The minimum atomic E-state index is -0.192. The fraction of sp³-hybridized carbons (Fsp3) is 0.421. The van der Waals surface area contributed by atoms with Crippen molar-refractivity contribution in [2.24, 2.45) is 0 Å². The summed E-state index contributed by atoms with van der Waals surface area (Å²) >= 11 is 0. The highest BCUT2D eigenvalue weighted by Gasteiger charge is 2.27. The standard InChI is InChI=1S/C19H21N3O2/c23-18(22-9-3-4-10-22)12-20-19(24)15-11-17(13-7-8-13)21-16-6-2-1-5-14(15)16/h1-2,5-6,11,13H,3-4,7-10,12H2,(H,20,24). The number of rotatable bonds is 4. The van der Waals surface area contributed by atoms with E-state index >= 15 is 0 Å². The lowest BCUT2D eigenvalue weighted by atomic mass is 10.1. The Bertz CT molecular complexity index is 792. The molecule has 1 aromatic heterocycles. The van der Waals surface area contributed by atoms with E-state index in [4.69, 9.17) is 0 Å². The fourth-order valence-corrected chi connectivity index (χ4v) is 3.30. The van der Waals surface area contributed by atoms with Gasteiger partial charge in [0.2, 0.25) is 5.91 Å². The molecule has 0 spiro atoms. The zero-order valence-electron chi connectivity index (χ0n) is 13.6. The molecule has 2 aliphatic rings. The van der Waals surface area contributed by atoms with Gasteiger partial charge in [0.1, 0.15) is 0 Å². The molecule has 0 atom stereocenters. The smallest absolute Gasteiger partial charge is 0.252 e. The van der Waals surface area contributed by atoms with E-state index in [1.54, 1.807) is 0 Å². The molecule has 124 valence electrons. The number of likely N-dealkylation sites (tertiary alicyclic amines) is 1. The predicted molar refractivity (Wildman–Crippen MR) is 91.9 cm³/mol. The number of amides is 2. The predicted octanol–water partition coefficient (Wildman–Crippen LogP) is 2.46. The van der Waals surface area contributed by atoms with Crippen LogP contribution in [0.4, 0.5) is 0 Å². The number of pyridine rings is 1. The third-order valence-corrected chi connectivity index (χ3v) is 4.84. The molecule has 4 rings (SSSR count). The molecule has 1 saturated carbocycles. The van der Waals surface area contributed by atoms with Crippen LogP contribution >= 0.6 is 0 Å². The second-order valence-electron chi connectivity index (χ2n) is 6.66. The van der Waals surface area contributed by atoms with Gasteiger partial charge in [0.05, 0.1) is 17.6 Å². The average Bonchev–Trinajstić information content (AvgIpc) is 3.32. The van der Waals surface area contributed by atoms with Crippen LogP contribution in [0.15, 0.2) is 30.3 Å². The van der Waals surface area contributed by atoms with E-state index in [1.807, 2.05) is 35.2 Å². The van der Waals surface area contributed by atoms with Crippen LogP contribution in [0.2, 0.25) is 0 Å². The summed E-state index contributed by atoms with van der Waals surface area (Å²) in [7, 11) is 0. The molecule has 5 heteroatoms. The highest BCUT2D eigenvalue weighted by atomic mass is 16.2. The van der Waals surface area contributed by atoms with E-state index in [0.717, 1.165) is 55.4 Å². The first-order valence-electron chi connectivity index (χ1n) is 8.68. The zero-order valence-corrected chi connectivity index (χ0v) is 13.6. The number of benzene rings is 1. The van der Waals surface area contributed by atoms with Crippen LogP contribution in [0.25, 0.3) is 10.9 Å². The first-order chi connectivity index (χ1) is 11.7.